The highest BCUT2D eigenvalue weighted by Gasteiger charge is 2.45. The molecule has 2 atom stereocenters. The normalized spacial score (nSPS) is 20.9. The van der Waals surface area contributed by atoms with Crippen molar-refractivity contribution < 1.29 is 23.4 Å². The Hall–Kier alpha value is -5.17. The Bertz CT molecular complexity index is 2420. The van der Waals surface area contributed by atoms with Gasteiger partial charge in [-0.05, 0) is 118 Å². The fourth-order valence-corrected chi connectivity index (χ4v) is 9.16. The molecule has 294 valence electrons. The molecule has 4 aromatic rings. The number of hydrogen-bond acceptors (Lipinski definition) is 10. The third-order valence-corrected chi connectivity index (χ3v) is 12.1. The lowest BCUT2D eigenvalue weighted by molar-refractivity contribution is -0.117. The van der Waals surface area contributed by atoms with Gasteiger partial charge < -0.3 is 25.8 Å². The number of carbonyl (C=O) groups excluding carboxylic acids is 1. The molecule has 8 rings (SSSR count). The number of rotatable bonds is 9. The minimum absolute atomic E-state index is 0.0201. The number of halogens is 2. The maximum Gasteiger partial charge on any atom is 0.319 e. The summed E-state index contributed by atoms with van der Waals surface area (Å²) in [6.07, 6.45) is 8.92. The first-order valence-corrected chi connectivity index (χ1v) is 20.0. The topological polar surface area (TPSA) is 142 Å². The third kappa shape index (κ3) is 6.63. The summed E-state index contributed by atoms with van der Waals surface area (Å²) >= 11 is 0. The summed E-state index contributed by atoms with van der Waals surface area (Å²) in [4.78, 5) is 36.9. The molecule has 0 aliphatic carbocycles. The second-order valence-electron chi connectivity index (χ2n) is 15.7. The van der Waals surface area contributed by atoms with Gasteiger partial charge in [-0.3, -0.25) is 19.7 Å². The molecule has 13 heteroatoms. The molecule has 11 nitrogen and oxygen atoms in total. The maximum atomic E-state index is 18.0. The number of amides is 1. The maximum absolute atomic E-state index is 18.0. The summed E-state index contributed by atoms with van der Waals surface area (Å²) in [5.41, 5.74) is 7.69. The van der Waals surface area contributed by atoms with Crippen molar-refractivity contribution in [2.24, 2.45) is 21.6 Å². The van der Waals surface area contributed by atoms with Crippen LogP contribution in [0, 0.1) is 17.6 Å². The average Bonchev–Trinajstić information content (AvgIpc) is 3.68. The number of benzene rings is 3. The van der Waals surface area contributed by atoms with Crippen LogP contribution in [0.25, 0.3) is 38.9 Å². The van der Waals surface area contributed by atoms with Crippen LogP contribution in [0.1, 0.15) is 65.4 Å². The summed E-state index contributed by atoms with van der Waals surface area (Å²) in [6.45, 7) is 11.9. The summed E-state index contributed by atoms with van der Waals surface area (Å²) < 4.78 is 40.1. The van der Waals surface area contributed by atoms with Crippen LogP contribution in [0.5, 0.6) is 11.8 Å². The lowest BCUT2D eigenvalue weighted by atomic mass is 9.89. The van der Waals surface area contributed by atoms with Crippen LogP contribution in [0.3, 0.4) is 0 Å². The fraction of sp³-hybridized carbons (Fsp3) is 0.465. The highest BCUT2D eigenvalue weighted by atomic mass is 19.1. The lowest BCUT2D eigenvalue weighted by Crippen LogP contribution is -2.43. The van der Waals surface area contributed by atoms with E-state index in [1.54, 1.807) is 18.2 Å². The van der Waals surface area contributed by atoms with Crippen molar-refractivity contribution in [3.63, 3.8) is 0 Å². The molecule has 0 bridgehead atoms. The molecule has 56 heavy (non-hydrogen) atoms. The number of phenols is 1. The number of aliphatic imine (C=N–C) groups is 1. The van der Waals surface area contributed by atoms with Crippen molar-refractivity contribution in [1.29, 1.82) is 0 Å². The lowest BCUT2D eigenvalue weighted by Gasteiger charge is -2.31. The molecule has 0 radical (unpaired) electrons. The van der Waals surface area contributed by atoms with Gasteiger partial charge in [0, 0.05) is 30.4 Å². The van der Waals surface area contributed by atoms with Gasteiger partial charge in [-0.15, -0.1) is 0 Å². The first-order chi connectivity index (χ1) is 27.0. The van der Waals surface area contributed by atoms with Gasteiger partial charge >= 0.3 is 6.01 Å². The van der Waals surface area contributed by atoms with E-state index in [1.807, 2.05) is 25.7 Å². The van der Waals surface area contributed by atoms with Crippen LogP contribution in [0.2, 0.25) is 0 Å². The molecule has 4 aliphatic heterocycles. The van der Waals surface area contributed by atoms with Crippen LogP contribution in [0.4, 0.5) is 14.6 Å². The Morgan fingerprint density at radius 1 is 1.09 bits per heavy atom. The van der Waals surface area contributed by atoms with E-state index in [0.717, 1.165) is 38.8 Å². The molecule has 1 amide bonds. The second-order valence-corrected chi connectivity index (χ2v) is 15.7. The van der Waals surface area contributed by atoms with Gasteiger partial charge in [0.25, 0.3) is 5.91 Å². The molecule has 4 aliphatic rings. The quantitative estimate of drug-likeness (QED) is 0.201. The van der Waals surface area contributed by atoms with Crippen LogP contribution in [0.15, 0.2) is 46.0 Å². The Balaban J connectivity index is 1.39. The number of aryl methyl sites for hydroxylation is 1. The molecule has 1 aromatic heterocycles. The van der Waals surface area contributed by atoms with Crippen molar-refractivity contribution in [3.05, 3.63) is 63.8 Å². The number of nitrogens with zero attached hydrogens (tertiary/aromatic N) is 6. The number of hydrogen-bond donors (Lipinski definition) is 3. The third-order valence-electron chi connectivity index (χ3n) is 12.1. The number of fused-ring (bicyclic) bond motifs is 5. The van der Waals surface area contributed by atoms with Crippen LogP contribution in [-0.2, 0) is 11.2 Å². The molecule has 2 unspecified atom stereocenters. The van der Waals surface area contributed by atoms with Crippen molar-refractivity contribution >= 4 is 45.2 Å². The standard InChI is InChI=1S/C43H50F2N8O3/c1-5-29-32(44)11-10-26-19-28(54)21-30(34(26)29)35-37(45)39-36(31-18-24(3)25(4)49-38(31)35)40(51-42(50-39)56-23-43-12-7-16-53(43)17-8-13-43)52-15-9-14-48-27(22-52)20-33(46)41(55)47-6-2/h10-11,18-21,24-25,54H,5-9,12-17,22-23,46H2,1-4H3,(H,47,55)/b33-20-. The predicted molar refractivity (Wildman–Crippen MR) is 216 cm³/mol. The molecule has 4 N–H and O–H groups in total. The molecular formula is C43H50F2N8O3. The average molecular weight is 765 g/mol. The fourth-order valence-electron chi connectivity index (χ4n) is 9.16. The number of phenolic OH excluding ortho intramolecular Hbond substituents is 1. The zero-order valence-electron chi connectivity index (χ0n) is 32.6. The zero-order chi connectivity index (χ0) is 39.3. The SMILES string of the molecule is CCNC(=O)/C(N)=C/C1=NCCCN(c2nc(OCC34CCCN3CCC4)nc3c(F)c(-c4cc(O)cc5ccc(F)c(CC)c45)c4c(c23)=CC(C)C(C)N=4)C1. The number of aromatic hydroxyl groups is 1. The van der Waals surface area contributed by atoms with Crippen molar-refractivity contribution in [1.82, 2.24) is 20.2 Å². The Morgan fingerprint density at radius 3 is 2.62 bits per heavy atom. The molecule has 5 heterocycles. The van der Waals surface area contributed by atoms with E-state index in [4.69, 9.17) is 30.4 Å². The van der Waals surface area contributed by atoms with E-state index < -0.39 is 11.6 Å². The predicted octanol–water partition coefficient (Wildman–Crippen LogP) is 5.07. The minimum atomic E-state index is -0.657. The number of carbonyl (C=O) groups is 1. The van der Waals surface area contributed by atoms with Crippen molar-refractivity contribution in [2.45, 2.75) is 77.8 Å². The highest BCUT2D eigenvalue weighted by Crippen LogP contribution is 2.41. The van der Waals surface area contributed by atoms with E-state index in [2.05, 4.69) is 23.2 Å². The first kappa shape index (κ1) is 37.7. The van der Waals surface area contributed by atoms with E-state index in [0.29, 0.717) is 88.5 Å². The first-order valence-electron chi connectivity index (χ1n) is 20.0. The molecule has 0 saturated carbocycles. The molecule has 2 saturated heterocycles. The number of aromatic nitrogens is 2. The number of nitrogens with one attached hydrogen (secondary N) is 1. The molecule has 2 fully saturated rings. The Morgan fingerprint density at radius 2 is 1.88 bits per heavy atom. The van der Waals surface area contributed by atoms with E-state index in [-0.39, 0.29) is 58.5 Å². The largest absolute Gasteiger partial charge is 0.508 e. The minimum Gasteiger partial charge on any atom is -0.508 e. The van der Waals surface area contributed by atoms with E-state index >= 15 is 8.78 Å². The Labute approximate surface area is 325 Å². The number of nitrogens with two attached hydrogens (primary N) is 1. The van der Waals surface area contributed by atoms with Crippen LogP contribution in [-0.4, -0.2) is 89.0 Å². The molecule has 3 aromatic carbocycles. The Kier molecular flexibility index (Phi) is 10.1. The van der Waals surface area contributed by atoms with E-state index in [9.17, 15) is 9.90 Å². The summed E-state index contributed by atoms with van der Waals surface area (Å²) in [5.74, 6) is -1.07. The molecule has 0 spiro atoms. The zero-order valence-corrected chi connectivity index (χ0v) is 32.6. The second kappa shape index (κ2) is 15.1. The van der Waals surface area contributed by atoms with Gasteiger partial charge in [0.1, 0.15) is 29.5 Å². The number of likely N-dealkylation sites (N-methyl/N-ethyl adjacent to an activating group) is 1. The monoisotopic (exact) mass is 764 g/mol. The summed E-state index contributed by atoms with van der Waals surface area (Å²) in [7, 11) is 0. The van der Waals surface area contributed by atoms with Gasteiger partial charge in [-0.2, -0.15) is 9.97 Å². The highest BCUT2D eigenvalue weighted by molar-refractivity contribution is 6.07. The van der Waals surface area contributed by atoms with Gasteiger partial charge in [0.2, 0.25) is 0 Å². The number of ether oxygens (including phenoxy) is 1. The van der Waals surface area contributed by atoms with Crippen molar-refractivity contribution in [2.75, 3.05) is 50.8 Å². The van der Waals surface area contributed by atoms with Gasteiger partial charge in [-0.1, -0.05) is 26.0 Å². The van der Waals surface area contributed by atoms with E-state index in [1.165, 1.54) is 12.1 Å². The van der Waals surface area contributed by atoms with Gasteiger partial charge in [-0.25, -0.2) is 8.78 Å². The summed E-state index contributed by atoms with van der Waals surface area (Å²) in [6, 6.07) is 5.92. The molecular weight excluding hydrogens is 715 g/mol. The summed E-state index contributed by atoms with van der Waals surface area (Å²) in [5, 5.41) is 16.4. The smallest absolute Gasteiger partial charge is 0.319 e. The number of anilines is 1. The van der Waals surface area contributed by atoms with Crippen molar-refractivity contribution in [3.8, 4) is 22.9 Å². The van der Waals surface area contributed by atoms with Crippen LogP contribution >= 0.6 is 0 Å². The van der Waals surface area contributed by atoms with Crippen LogP contribution < -0.4 is 31.3 Å². The van der Waals surface area contributed by atoms with Gasteiger partial charge in [0.05, 0.1) is 40.3 Å². The van der Waals surface area contributed by atoms with Gasteiger partial charge in [0.15, 0.2) is 5.82 Å².